The van der Waals surface area contributed by atoms with Crippen LogP contribution in [0.4, 0.5) is 0 Å². The fraction of sp³-hybridized carbons (Fsp3) is 0.714. The number of rotatable bonds is 7. The molecule has 2 amide bonds. The van der Waals surface area contributed by atoms with Crippen molar-refractivity contribution in [3.63, 3.8) is 0 Å². The van der Waals surface area contributed by atoms with Crippen molar-refractivity contribution in [3.8, 4) is 0 Å². The number of nitrogens with zero attached hydrogens (tertiary/aromatic N) is 1. The van der Waals surface area contributed by atoms with Gasteiger partial charge < -0.3 is 15.0 Å². The summed E-state index contributed by atoms with van der Waals surface area (Å²) >= 11 is 1.74. The molecular formula is C21H32N2O3S. The Hall–Kier alpha value is -1.40. The van der Waals surface area contributed by atoms with Crippen LogP contribution in [-0.2, 0) is 22.4 Å². The zero-order valence-corrected chi connectivity index (χ0v) is 17.4. The predicted octanol–water partition coefficient (Wildman–Crippen LogP) is 3.41. The Morgan fingerprint density at radius 3 is 2.74 bits per heavy atom. The van der Waals surface area contributed by atoms with Gasteiger partial charge in [-0.3, -0.25) is 9.59 Å². The summed E-state index contributed by atoms with van der Waals surface area (Å²) in [5.74, 6) is 0.315. The van der Waals surface area contributed by atoms with E-state index in [4.69, 9.17) is 4.74 Å². The molecule has 2 heterocycles. The quantitative estimate of drug-likeness (QED) is 0.724. The normalized spacial score (nSPS) is 17.8. The SMILES string of the molecule is CC(C)OCCCNC(=O)C1CCN(C(=O)c2csc3c2CCCC3)CC1. The molecule has 1 aromatic rings. The number of piperidine rings is 1. The first kappa shape index (κ1) is 20.3. The molecule has 0 bridgehead atoms. The van der Waals surface area contributed by atoms with Crippen molar-refractivity contribution in [1.82, 2.24) is 10.2 Å². The molecule has 1 aliphatic carbocycles. The number of nitrogens with one attached hydrogen (secondary N) is 1. The lowest BCUT2D eigenvalue weighted by Gasteiger charge is -2.31. The van der Waals surface area contributed by atoms with E-state index in [1.165, 1.54) is 23.3 Å². The maximum Gasteiger partial charge on any atom is 0.254 e. The van der Waals surface area contributed by atoms with Gasteiger partial charge in [-0.15, -0.1) is 11.3 Å². The van der Waals surface area contributed by atoms with Crippen LogP contribution < -0.4 is 5.32 Å². The lowest BCUT2D eigenvalue weighted by Crippen LogP contribution is -2.43. The second kappa shape index (κ2) is 9.69. The third kappa shape index (κ3) is 5.32. The minimum atomic E-state index is 0.0245. The molecule has 0 atom stereocenters. The molecule has 27 heavy (non-hydrogen) atoms. The third-order valence-corrected chi connectivity index (χ3v) is 6.60. The van der Waals surface area contributed by atoms with Crippen LogP contribution in [0.15, 0.2) is 5.38 Å². The molecule has 0 radical (unpaired) electrons. The molecule has 5 nitrogen and oxygen atoms in total. The van der Waals surface area contributed by atoms with Crippen LogP contribution in [0.5, 0.6) is 0 Å². The van der Waals surface area contributed by atoms with Crippen molar-refractivity contribution in [2.24, 2.45) is 5.92 Å². The van der Waals surface area contributed by atoms with Crippen LogP contribution in [0.1, 0.15) is 66.8 Å². The Morgan fingerprint density at radius 2 is 2.00 bits per heavy atom. The molecule has 0 saturated carbocycles. The third-order valence-electron chi connectivity index (χ3n) is 5.52. The number of carbonyl (C=O) groups excluding carboxylic acids is 2. The molecule has 6 heteroatoms. The fourth-order valence-electron chi connectivity index (χ4n) is 3.94. The monoisotopic (exact) mass is 392 g/mol. The van der Waals surface area contributed by atoms with Crippen LogP contribution >= 0.6 is 11.3 Å². The molecule has 1 aromatic heterocycles. The summed E-state index contributed by atoms with van der Waals surface area (Å²) in [5.41, 5.74) is 2.21. The first-order valence-corrected chi connectivity index (χ1v) is 11.2. The second-order valence-corrected chi connectivity index (χ2v) is 8.85. The number of likely N-dealkylation sites (tertiary alicyclic amines) is 1. The minimum Gasteiger partial charge on any atom is -0.379 e. The number of fused-ring (bicyclic) bond motifs is 1. The Morgan fingerprint density at radius 1 is 1.26 bits per heavy atom. The van der Waals surface area contributed by atoms with Crippen molar-refractivity contribution in [2.75, 3.05) is 26.2 Å². The predicted molar refractivity (Wildman–Crippen MR) is 108 cm³/mol. The number of aryl methyl sites for hydroxylation is 1. The largest absolute Gasteiger partial charge is 0.379 e. The van der Waals surface area contributed by atoms with E-state index in [1.54, 1.807) is 11.3 Å². The van der Waals surface area contributed by atoms with E-state index in [0.717, 1.165) is 37.7 Å². The highest BCUT2D eigenvalue weighted by Gasteiger charge is 2.29. The molecular weight excluding hydrogens is 360 g/mol. The van der Waals surface area contributed by atoms with Gasteiger partial charge in [-0.05, 0) is 64.4 Å². The van der Waals surface area contributed by atoms with Crippen LogP contribution in [0.2, 0.25) is 0 Å². The van der Waals surface area contributed by atoms with E-state index in [0.29, 0.717) is 26.2 Å². The summed E-state index contributed by atoms with van der Waals surface area (Å²) in [7, 11) is 0. The molecule has 2 aliphatic rings. The highest BCUT2D eigenvalue weighted by molar-refractivity contribution is 7.10. The molecule has 1 fully saturated rings. The highest BCUT2D eigenvalue weighted by Crippen LogP contribution is 2.31. The molecule has 0 spiro atoms. The van der Waals surface area contributed by atoms with E-state index in [2.05, 4.69) is 10.7 Å². The highest BCUT2D eigenvalue weighted by atomic mass is 32.1. The molecule has 1 saturated heterocycles. The summed E-state index contributed by atoms with van der Waals surface area (Å²) in [6.45, 7) is 6.72. The Kier molecular flexibility index (Phi) is 7.30. The number of thiophene rings is 1. The van der Waals surface area contributed by atoms with Crippen LogP contribution in [0.25, 0.3) is 0 Å². The van der Waals surface area contributed by atoms with Gasteiger partial charge in [0.25, 0.3) is 5.91 Å². The summed E-state index contributed by atoms with van der Waals surface area (Å²) in [6.07, 6.45) is 7.18. The fourth-order valence-corrected chi connectivity index (χ4v) is 5.06. The van der Waals surface area contributed by atoms with E-state index in [1.807, 2.05) is 18.7 Å². The van der Waals surface area contributed by atoms with E-state index in [9.17, 15) is 9.59 Å². The van der Waals surface area contributed by atoms with Crippen molar-refractivity contribution >= 4 is 23.2 Å². The van der Waals surface area contributed by atoms with Crippen LogP contribution in [-0.4, -0.2) is 49.1 Å². The first-order chi connectivity index (χ1) is 13.1. The minimum absolute atomic E-state index is 0.0245. The number of hydrogen-bond donors (Lipinski definition) is 1. The Balaban J connectivity index is 1.42. The van der Waals surface area contributed by atoms with E-state index < -0.39 is 0 Å². The van der Waals surface area contributed by atoms with Crippen LogP contribution in [0.3, 0.4) is 0 Å². The summed E-state index contributed by atoms with van der Waals surface area (Å²) in [5, 5.41) is 5.07. The van der Waals surface area contributed by atoms with Gasteiger partial charge in [0.1, 0.15) is 0 Å². The van der Waals surface area contributed by atoms with Gasteiger partial charge in [-0.2, -0.15) is 0 Å². The van der Waals surface area contributed by atoms with Crippen molar-refractivity contribution in [1.29, 1.82) is 0 Å². The zero-order chi connectivity index (χ0) is 19.2. The van der Waals surface area contributed by atoms with Crippen LogP contribution in [0, 0.1) is 5.92 Å². The average Bonchev–Trinajstić information content (AvgIpc) is 3.11. The molecule has 0 unspecified atom stereocenters. The molecule has 1 aliphatic heterocycles. The molecule has 150 valence electrons. The summed E-state index contributed by atoms with van der Waals surface area (Å²) in [6, 6.07) is 0. The topological polar surface area (TPSA) is 58.6 Å². The molecule has 0 aromatic carbocycles. The second-order valence-electron chi connectivity index (χ2n) is 7.89. The first-order valence-electron chi connectivity index (χ1n) is 10.3. The van der Waals surface area contributed by atoms with Crippen molar-refractivity contribution < 1.29 is 14.3 Å². The van der Waals surface area contributed by atoms with Gasteiger partial charge in [0.2, 0.25) is 5.91 Å². The van der Waals surface area contributed by atoms with Gasteiger partial charge in [-0.25, -0.2) is 0 Å². The van der Waals surface area contributed by atoms with E-state index >= 15 is 0 Å². The van der Waals surface area contributed by atoms with Gasteiger partial charge in [0.15, 0.2) is 0 Å². The van der Waals surface area contributed by atoms with Gasteiger partial charge in [-0.1, -0.05) is 0 Å². The Bertz CT molecular complexity index is 648. The number of carbonyl (C=O) groups is 2. The lowest BCUT2D eigenvalue weighted by atomic mass is 9.93. The average molecular weight is 393 g/mol. The standard InChI is InChI=1S/C21H32N2O3S/c1-15(2)26-13-5-10-22-20(24)16-8-11-23(12-9-16)21(25)18-14-27-19-7-4-3-6-17(18)19/h14-16H,3-13H2,1-2H3,(H,22,24). The summed E-state index contributed by atoms with van der Waals surface area (Å²) < 4.78 is 5.49. The van der Waals surface area contributed by atoms with Gasteiger partial charge >= 0.3 is 0 Å². The number of hydrogen-bond acceptors (Lipinski definition) is 4. The number of ether oxygens (including phenoxy) is 1. The van der Waals surface area contributed by atoms with Gasteiger partial charge in [0, 0.05) is 42.4 Å². The maximum absolute atomic E-state index is 12.9. The zero-order valence-electron chi connectivity index (χ0n) is 16.6. The molecule has 3 rings (SSSR count). The smallest absolute Gasteiger partial charge is 0.254 e. The Labute approximate surface area is 166 Å². The van der Waals surface area contributed by atoms with Crippen molar-refractivity contribution in [3.05, 3.63) is 21.4 Å². The molecule has 1 N–H and O–H groups in total. The summed E-state index contributed by atoms with van der Waals surface area (Å²) in [4.78, 5) is 28.6. The lowest BCUT2D eigenvalue weighted by molar-refractivity contribution is -0.126. The van der Waals surface area contributed by atoms with Gasteiger partial charge in [0.05, 0.1) is 11.7 Å². The van der Waals surface area contributed by atoms with Crippen molar-refractivity contribution in [2.45, 2.75) is 64.9 Å². The van der Waals surface area contributed by atoms with E-state index in [-0.39, 0.29) is 23.8 Å². The maximum atomic E-state index is 12.9. The number of amides is 2.